The highest BCUT2D eigenvalue weighted by Crippen LogP contribution is 2.45. The molecule has 1 aliphatic heterocycles. The van der Waals surface area contributed by atoms with E-state index in [1.165, 1.54) is 0 Å². The summed E-state index contributed by atoms with van der Waals surface area (Å²) >= 11 is 0. The number of carbonyl (C=O) groups excluding carboxylic acids is 1. The highest BCUT2D eigenvalue weighted by Gasteiger charge is 2.61. The Hall–Kier alpha value is -0.610. The molecular weight excluding hydrogens is 196 g/mol. The van der Waals surface area contributed by atoms with Crippen LogP contribution >= 0.6 is 0 Å². The highest BCUT2D eigenvalue weighted by atomic mass is 16.6. The zero-order valence-electron chi connectivity index (χ0n) is 10.1. The van der Waals surface area contributed by atoms with E-state index in [4.69, 9.17) is 9.47 Å². The van der Waals surface area contributed by atoms with Gasteiger partial charge < -0.3 is 14.6 Å². The molecule has 1 atom stereocenters. The number of carbonyl (C=O) groups is 1. The number of hydrogen-bond acceptors (Lipinski definition) is 4. The van der Waals surface area contributed by atoms with E-state index in [0.717, 1.165) is 0 Å². The summed E-state index contributed by atoms with van der Waals surface area (Å²) in [6, 6.07) is 0. The molecule has 0 saturated carbocycles. The molecule has 1 N–H and O–H groups in total. The van der Waals surface area contributed by atoms with Crippen molar-refractivity contribution in [3.8, 4) is 0 Å². The van der Waals surface area contributed by atoms with Gasteiger partial charge in [-0.3, -0.25) is 0 Å². The van der Waals surface area contributed by atoms with Crippen LogP contribution in [0.1, 0.15) is 41.0 Å². The van der Waals surface area contributed by atoms with Gasteiger partial charge in [0.1, 0.15) is 5.60 Å². The van der Waals surface area contributed by atoms with Gasteiger partial charge in [0.15, 0.2) is 5.60 Å². The Morgan fingerprint density at radius 2 is 1.93 bits per heavy atom. The maximum absolute atomic E-state index is 11.7. The average Bonchev–Trinajstić information content (AvgIpc) is 2.17. The average molecular weight is 216 g/mol. The Morgan fingerprint density at radius 3 is 2.27 bits per heavy atom. The maximum atomic E-state index is 11.7. The van der Waals surface area contributed by atoms with Crippen LogP contribution in [0, 0.1) is 0 Å². The van der Waals surface area contributed by atoms with Gasteiger partial charge >= 0.3 is 5.97 Å². The molecule has 1 saturated heterocycles. The molecule has 88 valence electrons. The van der Waals surface area contributed by atoms with E-state index < -0.39 is 22.8 Å². The Bertz CT molecular complexity index is 270. The van der Waals surface area contributed by atoms with Gasteiger partial charge in [0, 0.05) is 6.42 Å². The molecule has 0 spiro atoms. The summed E-state index contributed by atoms with van der Waals surface area (Å²) in [5, 5.41) is 10.4. The molecule has 4 nitrogen and oxygen atoms in total. The van der Waals surface area contributed by atoms with E-state index in [0.29, 0.717) is 0 Å². The predicted molar refractivity (Wildman–Crippen MR) is 55.4 cm³/mol. The van der Waals surface area contributed by atoms with Crippen molar-refractivity contribution in [3.63, 3.8) is 0 Å². The molecule has 0 bridgehead atoms. The largest absolute Gasteiger partial charge is 0.464 e. The summed E-state index contributed by atoms with van der Waals surface area (Å²) < 4.78 is 10.6. The second-order valence-electron chi connectivity index (χ2n) is 5.13. The molecule has 0 amide bonds. The number of aliphatic hydroxyl groups is 1. The van der Waals surface area contributed by atoms with Gasteiger partial charge in [-0.2, -0.15) is 0 Å². The fourth-order valence-corrected chi connectivity index (χ4v) is 2.21. The molecular formula is C11H20O4. The molecule has 0 aromatic rings. The van der Waals surface area contributed by atoms with Crippen LogP contribution in [0.25, 0.3) is 0 Å². The van der Waals surface area contributed by atoms with Crippen LogP contribution < -0.4 is 0 Å². The number of hydrogen-bond donors (Lipinski definition) is 1. The second kappa shape index (κ2) is 3.46. The third kappa shape index (κ3) is 2.01. The summed E-state index contributed by atoms with van der Waals surface area (Å²) in [7, 11) is 0. The molecule has 1 heterocycles. The van der Waals surface area contributed by atoms with Gasteiger partial charge in [-0.05, 0) is 34.6 Å². The Kier molecular flexibility index (Phi) is 2.87. The predicted octanol–water partition coefficient (Wildman–Crippen LogP) is 1.26. The maximum Gasteiger partial charge on any atom is 0.341 e. The van der Waals surface area contributed by atoms with E-state index in [-0.39, 0.29) is 13.0 Å². The monoisotopic (exact) mass is 216 g/mol. The molecule has 15 heavy (non-hydrogen) atoms. The van der Waals surface area contributed by atoms with Crippen molar-refractivity contribution in [2.45, 2.75) is 57.8 Å². The fraction of sp³-hybridized carbons (Fsp3) is 0.909. The van der Waals surface area contributed by atoms with E-state index in [1.807, 2.05) is 13.8 Å². The van der Waals surface area contributed by atoms with E-state index in [1.54, 1.807) is 20.8 Å². The lowest BCUT2D eigenvalue weighted by Gasteiger charge is -2.32. The first-order valence-corrected chi connectivity index (χ1v) is 5.24. The Morgan fingerprint density at radius 1 is 1.40 bits per heavy atom. The molecule has 0 radical (unpaired) electrons. The van der Waals surface area contributed by atoms with E-state index in [2.05, 4.69) is 0 Å². The quantitative estimate of drug-likeness (QED) is 0.706. The minimum Gasteiger partial charge on any atom is -0.464 e. The van der Waals surface area contributed by atoms with Crippen LogP contribution in [0.3, 0.4) is 0 Å². The summed E-state index contributed by atoms with van der Waals surface area (Å²) in [6.45, 7) is 9.10. The van der Waals surface area contributed by atoms with Crippen LogP contribution in [-0.2, 0) is 14.3 Å². The zero-order valence-corrected chi connectivity index (χ0v) is 10.1. The summed E-state index contributed by atoms with van der Waals surface area (Å²) in [5.74, 6) is -0.597. The molecule has 0 aromatic carbocycles. The first-order chi connectivity index (χ1) is 6.65. The number of rotatable bonds is 2. The zero-order chi connectivity index (χ0) is 11.9. The lowest BCUT2D eigenvalue weighted by Crippen LogP contribution is -2.53. The van der Waals surface area contributed by atoms with Crippen molar-refractivity contribution in [1.82, 2.24) is 0 Å². The molecule has 1 unspecified atom stereocenters. The van der Waals surface area contributed by atoms with Crippen molar-refractivity contribution in [1.29, 1.82) is 0 Å². The SMILES string of the molecule is CCOC(=O)C1(O)CC(C)(C)OC1(C)C. The van der Waals surface area contributed by atoms with Gasteiger partial charge in [0.25, 0.3) is 0 Å². The molecule has 0 aliphatic carbocycles. The van der Waals surface area contributed by atoms with Crippen molar-refractivity contribution >= 4 is 5.97 Å². The van der Waals surface area contributed by atoms with E-state index >= 15 is 0 Å². The minimum absolute atomic E-state index is 0.256. The van der Waals surface area contributed by atoms with Gasteiger partial charge in [-0.25, -0.2) is 4.79 Å². The normalized spacial score (nSPS) is 32.7. The van der Waals surface area contributed by atoms with Crippen molar-refractivity contribution in [2.24, 2.45) is 0 Å². The first kappa shape index (κ1) is 12.5. The third-order valence-corrected chi connectivity index (χ3v) is 2.82. The Balaban J connectivity index is 2.97. The van der Waals surface area contributed by atoms with Crippen molar-refractivity contribution in [3.05, 3.63) is 0 Å². The van der Waals surface area contributed by atoms with Crippen LogP contribution in [0.5, 0.6) is 0 Å². The summed E-state index contributed by atoms with van der Waals surface area (Å²) in [4.78, 5) is 11.7. The minimum atomic E-state index is -1.55. The van der Waals surface area contributed by atoms with Crippen molar-refractivity contribution in [2.75, 3.05) is 6.61 Å². The standard InChI is InChI=1S/C11H20O4/c1-6-14-8(12)11(13)7-9(2,3)15-10(11,4)5/h13H,6-7H2,1-5H3. The molecule has 1 fully saturated rings. The molecule has 1 rings (SSSR count). The molecule has 0 aromatic heterocycles. The van der Waals surface area contributed by atoms with Gasteiger partial charge in [-0.1, -0.05) is 0 Å². The number of ether oxygens (including phenoxy) is 2. The van der Waals surface area contributed by atoms with Crippen molar-refractivity contribution < 1.29 is 19.4 Å². The lowest BCUT2D eigenvalue weighted by molar-refractivity contribution is -0.182. The van der Waals surface area contributed by atoms with E-state index in [9.17, 15) is 9.90 Å². The first-order valence-electron chi connectivity index (χ1n) is 5.24. The second-order valence-corrected chi connectivity index (χ2v) is 5.13. The lowest BCUT2D eigenvalue weighted by atomic mass is 9.82. The summed E-state index contributed by atoms with van der Waals surface area (Å²) in [5.41, 5.74) is -2.97. The highest BCUT2D eigenvalue weighted by molar-refractivity contribution is 5.81. The van der Waals surface area contributed by atoms with Gasteiger partial charge in [0.2, 0.25) is 0 Å². The summed E-state index contributed by atoms with van der Waals surface area (Å²) in [6.07, 6.45) is 0.256. The van der Waals surface area contributed by atoms with Crippen LogP contribution in [0.2, 0.25) is 0 Å². The van der Waals surface area contributed by atoms with Crippen LogP contribution in [-0.4, -0.2) is 34.5 Å². The topological polar surface area (TPSA) is 55.8 Å². The fourth-order valence-electron chi connectivity index (χ4n) is 2.21. The smallest absolute Gasteiger partial charge is 0.341 e. The van der Waals surface area contributed by atoms with Crippen LogP contribution in [0.15, 0.2) is 0 Å². The van der Waals surface area contributed by atoms with Crippen LogP contribution in [0.4, 0.5) is 0 Å². The molecule has 4 heteroatoms. The number of esters is 1. The molecule has 1 aliphatic rings. The Labute approximate surface area is 90.6 Å². The third-order valence-electron chi connectivity index (χ3n) is 2.82. The van der Waals surface area contributed by atoms with Gasteiger partial charge in [0.05, 0.1) is 12.2 Å². The van der Waals surface area contributed by atoms with Gasteiger partial charge in [-0.15, -0.1) is 0 Å².